The van der Waals surface area contributed by atoms with Crippen LogP contribution in [0.15, 0.2) is 134 Å². The number of hydrogen-bond donors (Lipinski definition) is 0. The Morgan fingerprint density at radius 3 is 1.24 bits per heavy atom. The summed E-state index contributed by atoms with van der Waals surface area (Å²) in [5, 5.41) is 23.5. The van der Waals surface area contributed by atoms with E-state index >= 15 is 0 Å². The number of nitro benzene ring substituents is 2. The van der Waals surface area contributed by atoms with E-state index in [0.717, 1.165) is 81.6 Å². The number of aromatic nitrogens is 4. The van der Waals surface area contributed by atoms with Gasteiger partial charge in [-0.05, 0) is 106 Å². The second-order valence-electron chi connectivity index (χ2n) is 25.2. The van der Waals surface area contributed by atoms with Gasteiger partial charge in [-0.15, -0.1) is 0 Å². The quantitative estimate of drug-likeness (QED) is 0.0607. The SMILES string of the molecule is CC(C)(C)c1cc(C[n+]2cn([C@@H]3CCCC[C@H]3n3c[n+](Cc4cc(C(C)(C)C)cc(C(C)(C)C)c4OCc4cccc([N+](=O)[O-])c4)c4ccccc43)c3ccccc32)c(OCc2cccc([N+](=O)[O-])c2)c(C(C)(C)C)c1. The van der Waals surface area contributed by atoms with E-state index in [9.17, 15) is 20.2 Å². The van der Waals surface area contributed by atoms with E-state index in [1.165, 1.54) is 34.3 Å². The second-order valence-corrected chi connectivity index (χ2v) is 25.2. The summed E-state index contributed by atoms with van der Waals surface area (Å²) >= 11 is 0. The lowest BCUT2D eigenvalue weighted by Crippen LogP contribution is -2.35. The van der Waals surface area contributed by atoms with Crippen molar-refractivity contribution in [1.82, 2.24) is 9.13 Å². The van der Waals surface area contributed by atoms with Gasteiger partial charge >= 0.3 is 0 Å². The first-order valence-corrected chi connectivity index (χ1v) is 26.9. The summed E-state index contributed by atoms with van der Waals surface area (Å²) < 4.78 is 23.6. The van der Waals surface area contributed by atoms with Gasteiger partial charge in [-0.3, -0.25) is 20.2 Å². The zero-order valence-corrected chi connectivity index (χ0v) is 46.6. The van der Waals surface area contributed by atoms with Crippen LogP contribution in [0, 0.1) is 20.2 Å². The molecule has 1 aliphatic rings. The van der Waals surface area contributed by atoms with Crippen LogP contribution in [0.5, 0.6) is 11.5 Å². The highest BCUT2D eigenvalue weighted by Gasteiger charge is 2.39. The van der Waals surface area contributed by atoms with Crippen LogP contribution in [-0.2, 0) is 48.0 Å². The number of rotatable bonds is 14. The predicted octanol–water partition coefficient (Wildman–Crippen LogP) is 14.8. The highest BCUT2D eigenvalue weighted by atomic mass is 16.6. The van der Waals surface area contributed by atoms with Crippen LogP contribution in [0.2, 0.25) is 0 Å². The number of imidazole rings is 2. The molecular weight excluding hydrogens is 949 g/mol. The summed E-state index contributed by atoms with van der Waals surface area (Å²) in [5.74, 6) is 1.63. The van der Waals surface area contributed by atoms with E-state index in [0.29, 0.717) is 13.1 Å². The highest BCUT2D eigenvalue weighted by molar-refractivity contribution is 5.73. The van der Waals surface area contributed by atoms with Crippen LogP contribution in [-0.4, -0.2) is 19.0 Å². The maximum atomic E-state index is 11.8. The summed E-state index contributed by atoms with van der Waals surface area (Å²) in [7, 11) is 0. The van der Waals surface area contributed by atoms with Crippen molar-refractivity contribution in [2.24, 2.45) is 0 Å². The lowest BCUT2D eigenvalue weighted by atomic mass is 9.79. The van der Waals surface area contributed by atoms with Crippen molar-refractivity contribution in [3.05, 3.63) is 199 Å². The molecule has 12 nitrogen and oxygen atoms in total. The van der Waals surface area contributed by atoms with E-state index in [2.05, 4.69) is 187 Å². The maximum Gasteiger partial charge on any atom is 0.269 e. The molecule has 396 valence electrons. The van der Waals surface area contributed by atoms with Gasteiger partial charge in [0.2, 0.25) is 12.7 Å². The number of hydrogen-bond acceptors (Lipinski definition) is 6. The molecule has 2 heterocycles. The van der Waals surface area contributed by atoms with Crippen LogP contribution in [0.4, 0.5) is 11.4 Å². The Bertz CT molecular complexity index is 3240. The van der Waals surface area contributed by atoms with Crippen LogP contribution in [0.1, 0.15) is 165 Å². The third-order valence-corrected chi connectivity index (χ3v) is 15.2. The van der Waals surface area contributed by atoms with Gasteiger partial charge in [0.05, 0.1) is 9.85 Å². The third kappa shape index (κ3) is 11.3. The molecule has 1 fully saturated rings. The first-order chi connectivity index (χ1) is 35.8. The van der Waals surface area contributed by atoms with Gasteiger partial charge in [-0.2, -0.15) is 0 Å². The van der Waals surface area contributed by atoms with Crippen molar-refractivity contribution in [1.29, 1.82) is 0 Å². The normalized spacial score (nSPS) is 15.6. The van der Waals surface area contributed by atoms with Crippen molar-refractivity contribution in [2.75, 3.05) is 0 Å². The second kappa shape index (κ2) is 20.7. The molecule has 6 aromatic carbocycles. The minimum atomic E-state index is -0.359. The summed E-state index contributed by atoms with van der Waals surface area (Å²) in [4.78, 5) is 22.8. The maximum absolute atomic E-state index is 11.8. The topological polar surface area (TPSA) is 122 Å². The minimum absolute atomic E-state index is 0.0457. The van der Waals surface area contributed by atoms with Crippen molar-refractivity contribution in [3.8, 4) is 11.5 Å². The average molecular weight is 1030 g/mol. The predicted molar refractivity (Wildman–Crippen MR) is 302 cm³/mol. The van der Waals surface area contributed by atoms with E-state index in [4.69, 9.17) is 9.47 Å². The molecule has 0 unspecified atom stereocenters. The molecule has 2 atom stereocenters. The third-order valence-electron chi connectivity index (χ3n) is 15.2. The lowest BCUT2D eigenvalue weighted by Gasteiger charge is -2.29. The zero-order valence-electron chi connectivity index (χ0n) is 46.6. The fourth-order valence-electron chi connectivity index (χ4n) is 11.1. The average Bonchev–Trinajstić information content (AvgIpc) is 3.95. The number of non-ortho nitro benzene ring substituents is 2. The number of ether oxygens (including phenoxy) is 2. The van der Waals surface area contributed by atoms with Crippen LogP contribution in [0.25, 0.3) is 22.1 Å². The smallest absolute Gasteiger partial charge is 0.269 e. The van der Waals surface area contributed by atoms with Crippen molar-refractivity contribution >= 4 is 33.4 Å². The molecule has 8 aromatic rings. The number of benzene rings is 6. The van der Waals surface area contributed by atoms with E-state index < -0.39 is 0 Å². The summed E-state index contributed by atoms with van der Waals surface area (Å²) in [5.41, 5.74) is 12.2. The van der Waals surface area contributed by atoms with E-state index in [1.54, 1.807) is 24.3 Å². The van der Waals surface area contributed by atoms with Gasteiger partial charge in [0, 0.05) is 46.5 Å². The summed E-state index contributed by atoms with van der Waals surface area (Å²) in [6, 6.07) is 40.4. The molecular formula is C64H76N6O6+2. The Labute approximate surface area is 448 Å². The Hall–Kier alpha value is -7.34. The first-order valence-electron chi connectivity index (χ1n) is 26.9. The Morgan fingerprint density at radius 2 is 0.882 bits per heavy atom. The molecule has 9 rings (SSSR count). The summed E-state index contributed by atoms with van der Waals surface area (Å²) in [6.45, 7) is 28.3. The zero-order chi connectivity index (χ0) is 54.5. The standard InChI is InChI=1S/C64H76N6O6/c1-61(2,3)47-33-45(59(51(35-47)63(7,8)9)75-39-43-21-19-23-49(31-43)69(71)72)37-65-41-67(55-27-15-13-25-53(55)65)57-29-17-18-30-58(57)68-42-66(54-26-14-16-28-56(54)68)38-46-34-48(62(4,5)6)36-52(64(10,11)12)60(46)76-40-44-22-20-24-50(32-44)70(73)74/h13-16,19-28,31-36,41-42,57-58H,17-18,29-30,37-40H2,1-12H3/q+2/t57-,58-/m1/s1. The van der Waals surface area contributed by atoms with Crippen molar-refractivity contribution < 1.29 is 28.5 Å². The number of fused-ring (bicyclic) bond motifs is 2. The fourth-order valence-corrected chi connectivity index (χ4v) is 11.1. The van der Waals surface area contributed by atoms with Crippen LogP contribution in [0.3, 0.4) is 0 Å². The van der Waals surface area contributed by atoms with Crippen LogP contribution >= 0.6 is 0 Å². The van der Waals surface area contributed by atoms with Crippen LogP contribution < -0.4 is 18.6 Å². The molecule has 2 aromatic heterocycles. The molecule has 0 bridgehead atoms. The van der Waals surface area contributed by atoms with Gasteiger partial charge in [0.15, 0.2) is 22.1 Å². The van der Waals surface area contributed by atoms with Gasteiger partial charge in [-0.1, -0.05) is 144 Å². The monoisotopic (exact) mass is 1020 g/mol. The summed E-state index contributed by atoms with van der Waals surface area (Å²) in [6.07, 6.45) is 8.92. The van der Waals surface area contributed by atoms with E-state index in [1.807, 2.05) is 12.1 Å². The van der Waals surface area contributed by atoms with Crippen molar-refractivity contribution in [3.63, 3.8) is 0 Å². The number of nitro groups is 2. The molecule has 0 radical (unpaired) electrons. The minimum Gasteiger partial charge on any atom is -0.488 e. The molecule has 0 spiro atoms. The Balaban J connectivity index is 1.13. The van der Waals surface area contributed by atoms with Gasteiger partial charge in [0.25, 0.3) is 11.4 Å². The number of para-hydroxylation sites is 4. The Kier molecular flexibility index (Phi) is 14.5. The lowest BCUT2D eigenvalue weighted by molar-refractivity contribution is -0.664. The van der Waals surface area contributed by atoms with Gasteiger partial charge in [-0.25, -0.2) is 18.3 Å². The van der Waals surface area contributed by atoms with Crippen molar-refractivity contribution in [2.45, 2.75) is 169 Å². The first kappa shape index (κ1) is 53.5. The molecule has 0 aliphatic heterocycles. The highest BCUT2D eigenvalue weighted by Crippen LogP contribution is 2.43. The molecule has 0 saturated heterocycles. The van der Waals surface area contributed by atoms with Gasteiger partial charge in [0.1, 0.15) is 49.9 Å². The number of nitrogens with zero attached hydrogens (tertiary/aromatic N) is 6. The Morgan fingerprint density at radius 1 is 0.500 bits per heavy atom. The van der Waals surface area contributed by atoms with E-state index in [-0.39, 0.29) is 68.2 Å². The van der Waals surface area contributed by atoms with Gasteiger partial charge < -0.3 is 9.47 Å². The molecule has 76 heavy (non-hydrogen) atoms. The molecule has 1 aliphatic carbocycles. The fraction of sp³-hybridized carbons (Fsp3) is 0.406. The molecule has 0 N–H and O–H groups in total. The largest absolute Gasteiger partial charge is 0.488 e. The molecule has 1 saturated carbocycles. The molecule has 0 amide bonds. The molecule has 12 heteroatoms.